The number of nitrogens with zero attached hydrogens (tertiary/aromatic N) is 3. The van der Waals surface area contributed by atoms with Gasteiger partial charge in [-0.3, -0.25) is 9.69 Å². The van der Waals surface area contributed by atoms with E-state index in [1.807, 2.05) is 47.0 Å². The highest BCUT2D eigenvalue weighted by atomic mass is 35.5. The summed E-state index contributed by atoms with van der Waals surface area (Å²) in [6.07, 6.45) is -0.474. The van der Waals surface area contributed by atoms with Gasteiger partial charge in [0.2, 0.25) is 0 Å². The molecule has 1 aromatic carbocycles. The van der Waals surface area contributed by atoms with Gasteiger partial charge in [-0.05, 0) is 31.4 Å². The predicted molar refractivity (Wildman–Crippen MR) is 130 cm³/mol. The lowest BCUT2D eigenvalue weighted by molar-refractivity contribution is -0.148. The van der Waals surface area contributed by atoms with Gasteiger partial charge in [0.15, 0.2) is 5.76 Å². The number of benzene rings is 1. The van der Waals surface area contributed by atoms with Gasteiger partial charge >= 0.3 is 6.18 Å². The van der Waals surface area contributed by atoms with Gasteiger partial charge in [0.05, 0.1) is 22.7 Å². The molecule has 3 aromatic rings. The van der Waals surface area contributed by atoms with Crippen LogP contribution in [-0.2, 0) is 6.54 Å². The number of thioether (sulfide) groups is 1. The van der Waals surface area contributed by atoms with Crippen molar-refractivity contribution in [2.24, 2.45) is 0 Å². The fourth-order valence-electron chi connectivity index (χ4n) is 4.57. The number of fused-ring (bicyclic) bond motifs is 1. The van der Waals surface area contributed by atoms with Crippen molar-refractivity contribution in [2.45, 2.75) is 42.7 Å². The summed E-state index contributed by atoms with van der Waals surface area (Å²) in [4.78, 5) is 15.6. The van der Waals surface area contributed by atoms with Crippen molar-refractivity contribution < 1.29 is 22.5 Å². The molecular formula is C24H24ClF3N4O2S. The third-order valence-corrected chi connectivity index (χ3v) is 7.75. The first-order chi connectivity index (χ1) is 16.7. The molecule has 11 heteroatoms. The first kappa shape index (κ1) is 24.3. The van der Waals surface area contributed by atoms with Gasteiger partial charge in [0.1, 0.15) is 11.4 Å². The van der Waals surface area contributed by atoms with Gasteiger partial charge < -0.3 is 14.4 Å². The number of carbonyl (C=O) groups is 1. The third-order valence-electron chi connectivity index (χ3n) is 6.23. The molecule has 35 heavy (non-hydrogen) atoms. The van der Waals surface area contributed by atoms with E-state index in [1.54, 1.807) is 0 Å². The molecule has 1 fully saturated rings. The maximum absolute atomic E-state index is 13.3. The number of amides is 1. The summed E-state index contributed by atoms with van der Waals surface area (Å²) < 4.78 is 45.4. The van der Waals surface area contributed by atoms with Crippen molar-refractivity contribution in [3.05, 3.63) is 59.6 Å². The van der Waals surface area contributed by atoms with E-state index in [0.29, 0.717) is 49.6 Å². The lowest BCUT2D eigenvalue weighted by Gasteiger charge is -2.32. The summed E-state index contributed by atoms with van der Waals surface area (Å²) in [6, 6.07) is 11.2. The van der Waals surface area contributed by atoms with Crippen molar-refractivity contribution in [1.82, 2.24) is 19.9 Å². The minimum absolute atomic E-state index is 0.0115. The highest BCUT2D eigenvalue weighted by Gasteiger charge is 2.33. The number of allylic oxidation sites excluding steroid dienone is 1. The topological polar surface area (TPSA) is 63.3 Å². The molecule has 4 heterocycles. The number of likely N-dealkylation sites (tertiary alicyclic amines) is 1. The zero-order valence-corrected chi connectivity index (χ0v) is 20.3. The Balaban J connectivity index is 1.31. The number of alkyl halides is 4. The van der Waals surface area contributed by atoms with E-state index >= 15 is 0 Å². The normalized spacial score (nSPS) is 19.9. The molecule has 0 saturated carbocycles. The van der Waals surface area contributed by atoms with Crippen LogP contribution in [0.3, 0.4) is 0 Å². The van der Waals surface area contributed by atoms with Gasteiger partial charge in [-0.25, -0.2) is 0 Å². The maximum atomic E-state index is 13.3. The van der Waals surface area contributed by atoms with Gasteiger partial charge in [0, 0.05) is 36.1 Å². The van der Waals surface area contributed by atoms with Crippen LogP contribution in [0.4, 0.5) is 13.2 Å². The molecule has 2 aliphatic rings. The van der Waals surface area contributed by atoms with Crippen LogP contribution in [0.25, 0.3) is 15.8 Å². The molecule has 0 spiro atoms. The Morgan fingerprint density at radius 3 is 2.71 bits per heavy atom. The highest BCUT2D eigenvalue weighted by Crippen LogP contribution is 2.41. The van der Waals surface area contributed by atoms with Crippen LogP contribution in [0.15, 0.2) is 47.0 Å². The van der Waals surface area contributed by atoms with Gasteiger partial charge in [-0.2, -0.15) is 13.2 Å². The first-order valence-electron chi connectivity index (χ1n) is 11.4. The standard InChI is InChI=1S/C24H24ClF3N4O2S/c25-22-6-5-21(35-22)20-12-17(30-34-20)13-32-18-4-2-1-3-15(18)11-19(32)23(33)29-16-7-9-31(10-8-16)14-24(26,27)28/h1-5,11-12,16,22H,6-10,13-14H2,(H,29,33). The fraction of sp³-hybridized carbons (Fsp3) is 0.417. The molecule has 1 amide bonds. The Hall–Kier alpha value is -2.43. The monoisotopic (exact) mass is 524 g/mol. The molecule has 5 rings (SSSR count). The smallest absolute Gasteiger partial charge is 0.355 e. The largest absolute Gasteiger partial charge is 0.401 e. The third kappa shape index (κ3) is 5.70. The second-order valence-corrected chi connectivity index (χ2v) is 10.9. The number of hydrogen-bond donors (Lipinski definition) is 1. The SMILES string of the molecule is O=C(NC1CCN(CC(F)(F)F)CC1)c1cc2ccccc2n1Cc1cc(C2=CCC(Cl)S2)on1. The van der Waals surface area contributed by atoms with Gasteiger partial charge in [-0.15, -0.1) is 23.4 Å². The Bertz CT molecular complexity index is 1250. The lowest BCUT2D eigenvalue weighted by Crippen LogP contribution is -2.47. The van der Waals surface area contributed by atoms with Crippen LogP contribution >= 0.6 is 23.4 Å². The van der Waals surface area contributed by atoms with Crippen LogP contribution in [0.1, 0.15) is 41.2 Å². The Morgan fingerprint density at radius 1 is 1.23 bits per heavy atom. The Kier molecular flexibility index (Phi) is 6.87. The molecule has 1 unspecified atom stereocenters. The van der Waals surface area contributed by atoms with Crippen LogP contribution in [0.5, 0.6) is 0 Å². The number of hydrogen-bond acceptors (Lipinski definition) is 5. The first-order valence-corrected chi connectivity index (χ1v) is 12.7. The summed E-state index contributed by atoms with van der Waals surface area (Å²) in [5, 5.41) is 8.14. The summed E-state index contributed by atoms with van der Waals surface area (Å²) in [7, 11) is 0. The van der Waals surface area contributed by atoms with E-state index in [4.69, 9.17) is 16.1 Å². The minimum Gasteiger partial charge on any atom is -0.355 e. The molecular weight excluding hydrogens is 501 g/mol. The molecule has 0 bridgehead atoms. The van der Waals surface area contributed by atoms with Crippen molar-refractivity contribution in [3.63, 3.8) is 0 Å². The highest BCUT2D eigenvalue weighted by molar-refractivity contribution is 8.10. The van der Waals surface area contributed by atoms with Crippen molar-refractivity contribution in [3.8, 4) is 0 Å². The van der Waals surface area contributed by atoms with Crippen LogP contribution in [0, 0.1) is 0 Å². The number of piperidine rings is 1. The zero-order chi connectivity index (χ0) is 24.6. The van der Waals surface area contributed by atoms with Crippen LogP contribution in [-0.4, -0.2) is 57.1 Å². The number of rotatable bonds is 6. The van der Waals surface area contributed by atoms with E-state index in [9.17, 15) is 18.0 Å². The second kappa shape index (κ2) is 9.91. The van der Waals surface area contributed by atoms with E-state index < -0.39 is 12.7 Å². The Labute approximate surface area is 209 Å². The summed E-state index contributed by atoms with van der Waals surface area (Å²) in [6.45, 7) is 0.0208. The second-order valence-electron chi connectivity index (χ2n) is 8.83. The summed E-state index contributed by atoms with van der Waals surface area (Å²) >= 11 is 7.69. The molecule has 1 atom stereocenters. The Morgan fingerprint density at radius 2 is 2.00 bits per heavy atom. The van der Waals surface area contributed by atoms with Crippen molar-refractivity contribution in [1.29, 1.82) is 0 Å². The van der Waals surface area contributed by atoms with E-state index in [0.717, 1.165) is 22.2 Å². The van der Waals surface area contributed by atoms with Gasteiger partial charge in [-0.1, -0.05) is 29.4 Å². The average molecular weight is 525 g/mol. The fourth-order valence-corrected chi connectivity index (χ4v) is 5.82. The molecule has 0 aliphatic carbocycles. The molecule has 2 aromatic heterocycles. The number of aromatic nitrogens is 2. The summed E-state index contributed by atoms with van der Waals surface area (Å²) in [5.41, 5.74) is 2.04. The number of carbonyl (C=O) groups excluding carboxylic acids is 1. The van der Waals surface area contributed by atoms with Crippen LogP contribution in [0.2, 0.25) is 0 Å². The quantitative estimate of drug-likeness (QED) is 0.433. The van der Waals surface area contributed by atoms with Crippen molar-refractivity contribution >= 4 is 45.1 Å². The van der Waals surface area contributed by atoms with E-state index in [2.05, 4.69) is 10.5 Å². The zero-order valence-electron chi connectivity index (χ0n) is 18.7. The number of para-hydroxylation sites is 1. The molecule has 2 aliphatic heterocycles. The number of nitrogens with one attached hydrogen (secondary N) is 1. The maximum Gasteiger partial charge on any atom is 0.401 e. The predicted octanol–water partition coefficient (Wildman–Crippen LogP) is 5.48. The molecule has 0 radical (unpaired) electrons. The molecule has 1 saturated heterocycles. The minimum atomic E-state index is -4.21. The van der Waals surface area contributed by atoms with Gasteiger partial charge in [0.25, 0.3) is 5.91 Å². The van der Waals surface area contributed by atoms with E-state index in [1.165, 1.54) is 16.7 Å². The summed E-state index contributed by atoms with van der Waals surface area (Å²) in [5.74, 6) is 0.402. The van der Waals surface area contributed by atoms with Crippen LogP contribution < -0.4 is 5.32 Å². The molecule has 6 nitrogen and oxygen atoms in total. The number of halogens is 4. The lowest BCUT2D eigenvalue weighted by atomic mass is 10.0. The van der Waals surface area contributed by atoms with Crippen molar-refractivity contribution in [2.75, 3.05) is 19.6 Å². The molecule has 1 N–H and O–H groups in total. The molecule has 186 valence electrons. The average Bonchev–Trinajstić information content (AvgIpc) is 3.53. The van der Waals surface area contributed by atoms with E-state index in [-0.39, 0.29) is 16.7 Å².